The molecule has 0 bridgehead atoms. The average molecular weight is 604 g/mol. The number of fused-ring (bicyclic) bond motifs is 1. The van der Waals surface area contributed by atoms with E-state index in [1.165, 1.54) is 13.5 Å². The number of methoxy groups -OCH3 is 1. The minimum absolute atomic E-state index is 0.100. The predicted octanol–water partition coefficient (Wildman–Crippen LogP) is 6.07. The van der Waals surface area contributed by atoms with Crippen LogP contribution in [-0.4, -0.2) is 75.5 Å². The van der Waals surface area contributed by atoms with Gasteiger partial charge in [-0.15, -0.1) is 0 Å². The normalized spacial score (nSPS) is 18.5. The van der Waals surface area contributed by atoms with Gasteiger partial charge in [0.25, 0.3) is 0 Å². The number of hydrogen-bond donors (Lipinski definition) is 3. The summed E-state index contributed by atoms with van der Waals surface area (Å²) in [7, 11) is 3.44. The third kappa shape index (κ3) is 5.81. The number of alkyl carbamates (subject to hydrolysis) is 1. The van der Waals surface area contributed by atoms with E-state index in [0.29, 0.717) is 12.6 Å². The fourth-order valence-electron chi connectivity index (χ4n) is 6.67. The number of carbonyl (C=O) groups excluding carboxylic acids is 2. The summed E-state index contributed by atoms with van der Waals surface area (Å²) in [5.74, 6) is 1.65. The van der Waals surface area contributed by atoms with Crippen molar-refractivity contribution >= 4 is 22.8 Å². The highest BCUT2D eigenvalue weighted by Gasteiger charge is 2.32. The Balaban J connectivity index is 1.05. The monoisotopic (exact) mass is 603 g/mol. The van der Waals surface area contributed by atoms with Crippen molar-refractivity contribution in [2.24, 2.45) is 0 Å². The number of H-pyrrole nitrogens is 2. The van der Waals surface area contributed by atoms with Crippen molar-refractivity contribution in [1.29, 1.82) is 0 Å². The minimum Gasteiger partial charge on any atom is -0.453 e. The van der Waals surface area contributed by atoms with Gasteiger partial charge in [-0.05, 0) is 78.9 Å². The third-order valence-electron chi connectivity index (χ3n) is 9.17. The van der Waals surface area contributed by atoms with Crippen molar-refractivity contribution in [3.63, 3.8) is 0 Å². The van der Waals surface area contributed by atoms with Gasteiger partial charge in [0.1, 0.15) is 18.2 Å². The topological polar surface area (TPSA) is 119 Å². The van der Waals surface area contributed by atoms with Crippen LogP contribution in [0.25, 0.3) is 44.4 Å². The average Bonchev–Trinajstić information content (AvgIpc) is 3.90. The summed E-state index contributed by atoms with van der Waals surface area (Å²) in [5, 5.41) is 4.77. The molecule has 2 atom stereocenters. The van der Waals surface area contributed by atoms with Gasteiger partial charge in [0.15, 0.2) is 0 Å². The Morgan fingerprint density at radius 2 is 1.38 bits per heavy atom. The minimum atomic E-state index is -0.618. The molecule has 2 amide bonds. The molecule has 10 heteroatoms. The number of amides is 2. The number of aromatic nitrogens is 4. The van der Waals surface area contributed by atoms with E-state index in [2.05, 4.69) is 103 Å². The van der Waals surface area contributed by atoms with Gasteiger partial charge in [-0.3, -0.25) is 9.69 Å². The van der Waals surface area contributed by atoms with Gasteiger partial charge < -0.3 is 24.9 Å². The van der Waals surface area contributed by atoms with Gasteiger partial charge in [0.2, 0.25) is 5.91 Å². The van der Waals surface area contributed by atoms with Gasteiger partial charge in [0.05, 0.1) is 43.0 Å². The number of aromatic amines is 2. The molecule has 3 N–H and O–H groups in total. The first-order valence-electron chi connectivity index (χ1n) is 15.5. The maximum Gasteiger partial charge on any atom is 0.407 e. The lowest BCUT2D eigenvalue weighted by atomic mass is 9.98. The summed E-state index contributed by atoms with van der Waals surface area (Å²) in [6.07, 6.45) is 7.22. The lowest BCUT2D eigenvalue weighted by Gasteiger charge is -2.23. The van der Waals surface area contributed by atoms with Gasteiger partial charge in [0, 0.05) is 12.1 Å². The molecule has 2 saturated heterocycles. The smallest absolute Gasteiger partial charge is 0.407 e. The highest BCUT2D eigenvalue weighted by Crippen LogP contribution is 2.34. The van der Waals surface area contributed by atoms with E-state index >= 15 is 0 Å². The lowest BCUT2D eigenvalue weighted by Crippen LogP contribution is -2.40. The van der Waals surface area contributed by atoms with Crippen LogP contribution in [0.4, 0.5) is 4.79 Å². The number of nitrogens with zero attached hydrogens (tertiary/aromatic N) is 4. The molecule has 0 spiro atoms. The zero-order chi connectivity index (χ0) is 30.9. The van der Waals surface area contributed by atoms with Crippen molar-refractivity contribution in [2.75, 3.05) is 33.8 Å². The largest absolute Gasteiger partial charge is 0.453 e. The molecule has 0 aliphatic carbocycles. The zero-order valence-electron chi connectivity index (χ0n) is 25.5. The first-order chi connectivity index (χ1) is 22.0. The summed E-state index contributed by atoms with van der Waals surface area (Å²) in [4.78, 5) is 44.6. The van der Waals surface area contributed by atoms with E-state index in [9.17, 15) is 9.59 Å². The van der Waals surface area contributed by atoms with Crippen LogP contribution in [0.15, 0.2) is 73.1 Å². The SMILES string of the molecule is COC(=O)NCC(=O)N1CCCC1c1ncc(-c2ccc3cc(-c4ccc(-c5cnc(C6CCCN6C)[nH]5)cc4)ccc3c2)[nH]1. The van der Waals surface area contributed by atoms with E-state index in [1.54, 1.807) is 4.90 Å². The van der Waals surface area contributed by atoms with E-state index < -0.39 is 6.09 Å². The van der Waals surface area contributed by atoms with E-state index in [0.717, 1.165) is 81.9 Å². The van der Waals surface area contributed by atoms with Crippen LogP contribution >= 0.6 is 0 Å². The van der Waals surface area contributed by atoms with Crippen molar-refractivity contribution in [1.82, 2.24) is 35.1 Å². The molecule has 2 aliphatic heterocycles. The summed E-state index contributed by atoms with van der Waals surface area (Å²) in [6, 6.07) is 21.8. The maximum atomic E-state index is 12.7. The fourth-order valence-corrected chi connectivity index (χ4v) is 6.67. The Hall–Kier alpha value is -4.96. The molecule has 5 aromatic rings. The molecule has 45 heavy (non-hydrogen) atoms. The number of ether oxygens (including phenoxy) is 1. The highest BCUT2D eigenvalue weighted by molar-refractivity contribution is 5.90. The Morgan fingerprint density at radius 3 is 2.07 bits per heavy atom. The van der Waals surface area contributed by atoms with Crippen LogP contribution < -0.4 is 5.32 Å². The molecule has 0 saturated carbocycles. The number of rotatable bonds is 7. The van der Waals surface area contributed by atoms with E-state index in [4.69, 9.17) is 0 Å². The lowest BCUT2D eigenvalue weighted by molar-refractivity contribution is -0.131. The highest BCUT2D eigenvalue weighted by atomic mass is 16.5. The number of carbonyl (C=O) groups is 2. The van der Waals surface area contributed by atoms with Gasteiger partial charge in [-0.2, -0.15) is 0 Å². The molecule has 3 aromatic carbocycles. The van der Waals surface area contributed by atoms with Crippen LogP contribution in [-0.2, 0) is 9.53 Å². The van der Waals surface area contributed by atoms with Crippen LogP contribution in [0.2, 0.25) is 0 Å². The molecule has 4 heterocycles. The number of imidazole rings is 2. The second-order valence-corrected chi connectivity index (χ2v) is 11.9. The molecule has 0 radical (unpaired) electrons. The molecular formula is C35H37N7O3. The second kappa shape index (κ2) is 12.2. The van der Waals surface area contributed by atoms with Gasteiger partial charge in [-0.25, -0.2) is 14.8 Å². The van der Waals surface area contributed by atoms with Gasteiger partial charge in [-0.1, -0.05) is 48.5 Å². The van der Waals surface area contributed by atoms with E-state index in [-0.39, 0.29) is 18.5 Å². The number of benzene rings is 3. The number of likely N-dealkylation sites (tertiary alicyclic amines) is 2. The van der Waals surface area contributed by atoms with Crippen molar-refractivity contribution in [3.05, 3.63) is 84.7 Å². The molecule has 7 rings (SSSR count). The number of hydrogen-bond acceptors (Lipinski definition) is 6. The second-order valence-electron chi connectivity index (χ2n) is 11.9. The molecule has 2 fully saturated rings. The number of nitrogens with one attached hydrogen (secondary N) is 3. The summed E-state index contributed by atoms with van der Waals surface area (Å²) < 4.78 is 4.58. The molecule has 2 unspecified atom stereocenters. The molecule has 2 aliphatic rings. The van der Waals surface area contributed by atoms with Crippen molar-refractivity contribution in [2.45, 2.75) is 37.8 Å². The van der Waals surface area contributed by atoms with E-state index in [1.807, 2.05) is 12.4 Å². The zero-order valence-corrected chi connectivity index (χ0v) is 25.5. The quantitative estimate of drug-likeness (QED) is 0.208. The van der Waals surface area contributed by atoms with Crippen LogP contribution in [0.5, 0.6) is 0 Å². The van der Waals surface area contributed by atoms with Crippen LogP contribution in [0, 0.1) is 0 Å². The standard InChI is InChI=1S/C35H37N7O3/c1-41-15-3-5-30(41)33-36-19-28(39-33)23-9-7-22(8-10-23)24-11-12-26-18-27(14-13-25(26)17-24)29-20-37-34(40-29)31-6-4-16-42(31)32(43)21-38-35(44)45-2/h7-14,17-20,30-31H,3-6,15-16,21H2,1-2H3,(H,36,39)(H,37,40)(H,38,44). The van der Waals surface area contributed by atoms with Gasteiger partial charge >= 0.3 is 6.09 Å². The predicted molar refractivity (Wildman–Crippen MR) is 173 cm³/mol. The Kier molecular flexibility index (Phi) is 7.81. The molecule has 230 valence electrons. The van der Waals surface area contributed by atoms with Crippen molar-refractivity contribution in [3.8, 4) is 33.6 Å². The first kappa shape index (κ1) is 28.8. The Labute approximate surface area is 261 Å². The summed E-state index contributed by atoms with van der Waals surface area (Å²) >= 11 is 0. The third-order valence-corrected chi connectivity index (χ3v) is 9.17. The molecule has 2 aromatic heterocycles. The molecule has 10 nitrogen and oxygen atoms in total. The Morgan fingerprint density at radius 1 is 0.800 bits per heavy atom. The summed E-state index contributed by atoms with van der Waals surface area (Å²) in [5.41, 5.74) is 6.44. The summed E-state index contributed by atoms with van der Waals surface area (Å²) in [6.45, 7) is 1.65. The fraction of sp³-hybridized carbons (Fsp3) is 0.314. The van der Waals surface area contributed by atoms with Crippen LogP contribution in [0.1, 0.15) is 49.4 Å². The Bertz CT molecular complexity index is 1840. The van der Waals surface area contributed by atoms with Crippen molar-refractivity contribution < 1.29 is 14.3 Å². The maximum absolute atomic E-state index is 12.7. The molecular weight excluding hydrogens is 566 g/mol. The first-order valence-corrected chi connectivity index (χ1v) is 15.5. The van der Waals surface area contributed by atoms with Crippen LogP contribution in [0.3, 0.4) is 0 Å².